The Balaban J connectivity index is 1.61. The van der Waals surface area contributed by atoms with Crippen molar-refractivity contribution in [3.8, 4) is 0 Å². The minimum absolute atomic E-state index is 0.00525. The average molecular weight is 427 g/mol. The molecular formula is C21H25F3N2O2S. The molecule has 0 saturated carbocycles. The molecule has 0 bridgehead atoms. The van der Waals surface area contributed by atoms with E-state index in [0.717, 1.165) is 56.3 Å². The number of nitrogens with zero attached hydrogens (tertiary/aromatic N) is 2. The molecule has 2 heterocycles. The molecule has 3 rings (SSSR count). The van der Waals surface area contributed by atoms with Gasteiger partial charge in [0.1, 0.15) is 0 Å². The van der Waals surface area contributed by atoms with E-state index in [9.17, 15) is 18.0 Å². The van der Waals surface area contributed by atoms with Gasteiger partial charge in [0.25, 0.3) is 0 Å². The van der Waals surface area contributed by atoms with Crippen LogP contribution in [0.3, 0.4) is 0 Å². The van der Waals surface area contributed by atoms with Crippen molar-refractivity contribution < 1.29 is 22.7 Å². The van der Waals surface area contributed by atoms with Crippen LogP contribution in [0.25, 0.3) is 0 Å². The van der Waals surface area contributed by atoms with Crippen LogP contribution >= 0.6 is 11.3 Å². The van der Waals surface area contributed by atoms with Crippen molar-refractivity contribution >= 4 is 17.2 Å². The first-order valence-electron chi connectivity index (χ1n) is 9.68. The van der Waals surface area contributed by atoms with Gasteiger partial charge in [0.2, 0.25) is 5.91 Å². The van der Waals surface area contributed by atoms with Gasteiger partial charge in [-0.1, -0.05) is 18.2 Å². The van der Waals surface area contributed by atoms with Crippen LogP contribution in [0.2, 0.25) is 0 Å². The van der Waals surface area contributed by atoms with E-state index >= 15 is 0 Å². The SMILES string of the molecule is O=C(Cc1cccs1)N(CCCN1CCOCC1)Cc1ccc(C(F)(F)F)cc1. The van der Waals surface area contributed by atoms with Crippen molar-refractivity contribution in [2.24, 2.45) is 0 Å². The van der Waals surface area contributed by atoms with Gasteiger partial charge in [-0.15, -0.1) is 11.3 Å². The third-order valence-electron chi connectivity index (χ3n) is 4.92. The number of ether oxygens (including phenoxy) is 1. The Morgan fingerprint density at radius 3 is 2.48 bits per heavy atom. The van der Waals surface area contributed by atoms with Crippen LogP contribution in [0.4, 0.5) is 13.2 Å². The number of alkyl halides is 3. The summed E-state index contributed by atoms with van der Waals surface area (Å²) in [6, 6.07) is 8.89. The topological polar surface area (TPSA) is 32.8 Å². The van der Waals surface area contributed by atoms with Crippen LogP contribution in [-0.4, -0.2) is 55.1 Å². The van der Waals surface area contributed by atoms with Gasteiger partial charge in [0, 0.05) is 37.6 Å². The third kappa shape index (κ3) is 6.83. The molecular weight excluding hydrogens is 401 g/mol. The number of hydrogen-bond donors (Lipinski definition) is 0. The number of rotatable bonds is 8. The van der Waals surface area contributed by atoms with Crippen molar-refractivity contribution in [2.75, 3.05) is 39.4 Å². The zero-order valence-electron chi connectivity index (χ0n) is 16.2. The van der Waals surface area contributed by atoms with Crippen LogP contribution in [0.1, 0.15) is 22.4 Å². The summed E-state index contributed by atoms with van der Waals surface area (Å²) in [7, 11) is 0. The fourth-order valence-electron chi connectivity index (χ4n) is 3.30. The lowest BCUT2D eigenvalue weighted by Crippen LogP contribution is -2.39. The highest BCUT2D eigenvalue weighted by molar-refractivity contribution is 7.10. The largest absolute Gasteiger partial charge is 0.416 e. The molecule has 0 unspecified atom stereocenters. The molecule has 1 amide bonds. The highest BCUT2D eigenvalue weighted by atomic mass is 32.1. The Kier molecular flexibility index (Phi) is 7.69. The number of hydrogen-bond acceptors (Lipinski definition) is 4. The lowest BCUT2D eigenvalue weighted by Gasteiger charge is -2.28. The number of benzene rings is 1. The Morgan fingerprint density at radius 2 is 1.86 bits per heavy atom. The van der Waals surface area contributed by atoms with E-state index in [-0.39, 0.29) is 5.91 Å². The lowest BCUT2D eigenvalue weighted by atomic mass is 10.1. The summed E-state index contributed by atoms with van der Waals surface area (Å²) in [5, 5.41) is 1.93. The van der Waals surface area contributed by atoms with E-state index in [2.05, 4.69) is 4.90 Å². The molecule has 8 heteroatoms. The van der Waals surface area contributed by atoms with Crippen molar-refractivity contribution in [3.05, 3.63) is 57.8 Å². The van der Waals surface area contributed by atoms with Gasteiger partial charge in [-0.05, 0) is 35.6 Å². The number of carbonyl (C=O) groups is 1. The predicted octanol–water partition coefficient (Wildman–Crippen LogP) is 4.06. The van der Waals surface area contributed by atoms with Crippen molar-refractivity contribution in [2.45, 2.75) is 25.6 Å². The van der Waals surface area contributed by atoms with Gasteiger partial charge in [-0.25, -0.2) is 0 Å². The van der Waals surface area contributed by atoms with Crippen molar-refractivity contribution in [3.63, 3.8) is 0 Å². The Morgan fingerprint density at radius 1 is 1.14 bits per heavy atom. The summed E-state index contributed by atoms with van der Waals surface area (Å²) in [6.07, 6.45) is -3.22. The summed E-state index contributed by atoms with van der Waals surface area (Å²) in [5.41, 5.74) is 0.0222. The molecule has 0 N–H and O–H groups in total. The lowest BCUT2D eigenvalue weighted by molar-refractivity contribution is -0.137. The van der Waals surface area contributed by atoms with Crippen LogP contribution in [0.5, 0.6) is 0 Å². The van der Waals surface area contributed by atoms with Crippen molar-refractivity contribution in [1.29, 1.82) is 0 Å². The number of morpholine rings is 1. The molecule has 1 aliphatic heterocycles. The first-order chi connectivity index (χ1) is 13.9. The van der Waals surface area contributed by atoms with Crippen LogP contribution < -0.4 is 0 Å². The Labute approximate surface area is 172 Å². The summed E-state index contributed by atoms with van der Waals surface area (Å²) < 4.78 is 43.7. The standard InChI is InChI=1S/C21H25F3N2O2S/c22-21(23,24)18-6-4-17(5-7-18)16-26(20(27)15-19-3-1-14-29-19)9-2-8-25-10-12-28-13-11-25/h1,3-7,14H,2,8-13,15-16H2. The zero-order chi connectivity index (χ0) is 20.7. The minimum atomic E-state index is -4.36. The van der Waals surface area contributed by atoms with E-state index in [1.54, 1.807) is 4.90 Å². The van der Waals surface area contributed by atoms with Gasteiger partial charge in [0.15, 0.2) is 0 Å². The van der Waals surface area contributed by atoms with E-state index in [4.69, 9.17) is 4.74 Å². The minimum Gasteiger partial charge on any atom is -0.379 e. The fourth-order valence-corrected chi connectivity index (χ4v) is 3.99. The second-order valence-electron chi connectivity index (χ2n) is 7.07. The second kappa shape index (κ2) is 10.2. The average Bonchev–Trinajstić information content (AvgIpc) is 3.21. The molecule has 0 spiro atoms. The maximum Gasteiger partial charge on any atom is 0.416 e. The molecule has 29 heavy (non-hydrogen) atoms. The zero-order valence-corrected chi connectivity index (χ0v) is 17.0. The van der Waals surface area contributed by atoms with Gasteiger partial charge >= 0.3 is 6.18 Å². The number of halogens is 3. The van der Waals surface area contributed by atoms with Crippen molar-refractivity contribution in [1.82, 2.24) is 9.80 Å². The van der Waals surface area contributed by atoms with Crippen LogP contribution in [-0.2, 0) is 28.7 Å². The first-order valence-corrected chi connectivity index (χ1v) is 10.6. The molecule has 1 aromatic carbocycles. The molecule has 4 nitrogen and oxygen atoms in total. The summed E-state index contributed by atoms with van der Waals surface area (Å²) in [6.45, 7) is 5.00. The van der Waals surface area contributed by atoms with Gasteiger partial charge in [-0.3, -0.25) is 9.69 Å². The third-order valence-corrected chi connectivity index (χ3v) is 5.80. The molecule has 1 saturated heterocycles. The predicted molar refractivity (Wildman–Crippen MR) is 107 cm³/mol. The molecule has 1 aliphatic rings. The summed E-state index contributed by atoms with van der Waals surface area (Å²) >= 11 is 1.53. The van der Waals surface area contributed by atoms with E-state index in [0.29, 0.717) is 25.1 Å². The first kappa shape index (κ1) is 21.8. The second-order valence-corrected chi connectivity index (χ2v) is 8.11. The molecule has 1 aromatic heterocycles. The maximum absolute atomic E-state index is 12.8. The quantitative estimate of drug-likeness (QED) is 0.638. The monoisotopic (exact) mass is 426 g/mol. The molecule has 2 aromatic rings. The number of thiophene rings is 1. The normalized spacial score (nSPS) is 15.4. The number of carbonyl (C=O) groups excluding carboxylic acids is 1. The molecule has 0 radical (unpaired) electrons. The van der Waals surface area contributed by atoms with E-state index < -0.39 is 11.7 Å². The highest BCUT2D eigenvalue weighted by Crippen LogP contribution is 2.29. The van der Waals surface area contributed by atoms with Gasteiger partial charge in [0.05, 0.1) is 25.2 Å². The number of amides is 1. The maximum atomic E-state index is 12.8. The highest BCUT2D eigenvalue weighted by Gasteiger charge is 2.30. The molecule has 0 atom stereocenters. The van der Waals surface area contributed by atoms with Gasteiger partial charge < -0.3 is 9.64 Å². The smallest absolute Gasteiger partial charge is 0.379 e. The Bertz CT molecular complexity index is 757. The summed E-state index contributed by atoms with van der Waals surface area (Å²) in [5.74, 6) is -0.00525. The molecule has 0 aliphatic carbocycles. The summed E-state index contributed by atoms with van der Waals surface area (Å²) in [4.78, 5) is 17.9. The Hall–Kier alpha value is -1.90. The van der Waals surface area contributed by atoms with E-state index in [1.807, 2.05) is 17.5 Å². The molecule has 158 valence electrons. The fraction of sp³-hybridized carbons (Fsp3) is 0.476. The van der Waals surface area contributed by atoms with Crippen LogP contribution in [0.15, 0.2) is 41.8 Å². The van der Waals surface area contributed by atoms with E-state index in [1.165, 1.54) is 23.5 Å². The molecule has 1 fully saturated rings. The van der Waals surface area contributed by atoms with Crippen LogP contribution in [0, 0.1) is 0 Å². The van der Waals surface area contributed by atoms with Gasteiger partial charge in [-0.2, -0.15) is 13.2 Å².